The van der Waals surface area contributed by atoms with E-state index in [4.69, 9.17) is 0 Å². The van der Waals surface area contributed by atoms with Crippen LogP contribution in [0.2, 0.25) is 0 Å². The van der Waals surface area contributed by atoms with Crippen molar-refractivity contribution in [1.29, 1.82) is 0 Å². The van der Waals surface area contributed by atoms with E-state index in [0.717, 1.165) is 54.9 Å². The smallest absolute Gasteiger partial charge is 0.0406 e. The highest BCUT2D eigenvalue weighted by Gasteiger charge is 2.11. The average molecular weight is 539 g/mol. The quantitative estimate of drug-likeness (QED) is 0.136. The van der Waals surface area contributed by atoms with E-state index in [1.165, 1.54) is 0 Å². The SMILES string of the molecule is CC(C)(C)C#Cc1ccc(C#Cc2c3ccccc3c(C#Cc3ccc(C#CC(C)(C)C)cc3)c3ccccc23)cc1. The van der Waals surface area contributed by atoms with Crippen molar-refractivity contribution in [3.05, 3.63) is 130 Å². The highest BCUT2D eigenvalue weighted by molar-refractivity contribution is 6.09. The first-order valence-corrected chi connectivity index (χ1v) is 14.3. The van der Waals surface area contributed by atoms with Crippen LogP contribution in [0.1, 0.15) is 74.9 Å². The molecule has 0 aliphatic rings. The highest BCUT2D eigenvalue weighted by Crippen LogP contribution is 2.32. The summed E-state index contributed by atoms with van der Waals surface area (Å²) in [5.74, 6) is 26.9. The van der Waals surface area contributed by atoms with Gasteiger partial charge in [0.2, 0.25) is 0 Å². The van der Waals surface area contributed by atoms with E-state index < -0.39 is 0 Å². The summed E-state index contributed by atoms with van der Waals surface area (Å²) in [5.41, 5.74) is 5.91. The third-order valence-corrected chi connectivity index (χ3v) is 6.53. The van der Waals surface area contributed by atoms with Crippen LogP contribution < -0.4 is 0 Å². The molecule has 0 aliphatic carbocycles. The molecule has 0 amide bonds. The minimum Gasteiger partial charge on any atom is -0.0920 e. The Bertz CT molecular complexity index is 1820. The van der Waals surface area contributed by atoms with Crippen molar-refractivity contribution in [2.24, 2.45) is 10.8 Å². The maximum Gasteiger partial charge on any atom is 0.0406 e. The first-order valence-electron chi connectivity index (χ1n) is 14.3. The summed E-state index contributed by atoms with van der Waals surface area (Å²) in [6, 6.07) is 33.2. The topological polar surface area (TPSA) is 0 Å². The molecule has 202 valence electrons. The number of fused-ring (bicyclic) bond motifs is 2. The average Bonchev–Trinajstić information content (AvgIpc) is 2.97. The highest BCUT2D eigenvalue weighted by atomic mass is 14.1. The second-order valence-corrected chi connectivity index (χ2v) is 12.5. The number of rotatable bonds is 0. The zero-order chi connectivity index (χ0) is 29.7. The molecule has 42 heavy (non-hydrogen) atoms. The molecular formula is C42H34. The molecule has 0 aliphatic heterocycles. The molecule has 5 aromatic carbocycles. The lowest BCUT2D eigenvalue weighted by atomic mass is 9.91. The third kappa shape index (κ3) is 7.13. The third-order valence-electron chi connectivity index (χ3n) is 6.53. The van der Waals surface area contributed by atoms with Gasteiger partial charge >= 0.3 is 0 Å². The zero-order valence-corrected chi connectivity index (χ0v) is 25.2. The Hall–Kier alpha value is -5.14. The molecule has 0 saturated heterocycles. The molecule has 0 spiro atoms. The summed E-state index contributed by atoms with van der Waals surface area (Å²) in [6.45, 7) is 12.7. The summed E-state index contributed by atoms with van der Waals surface area (Å²) in [4.78, 5) is 0. The fourth-order valence-corrected chi connectivity index (χ4v) is 4.46. The molecule has 0 fully saturated rings. The van der Waals surface area contributed by atoms with Crippen molar-refractivity contribution >= 4 is 21.5 Å². The summed E-state index contributed by atoms with van der Waals surface area (Å²) in [5, 5.41) is 4.42. The second kappa shape index (κ2) is 11.8. The summed E-state index contributed by atoms with van der Waals surface area (Å²) >= 11 is 0. The van der Waals surface area contributed by atoms with E-state index in [-0.39, 0.29) is 10.8 Å². The predicted molar refractivity (Wildman–Crippen MR) is 179 cm³/mol. The Kier molecular flexibility index (Phi) is 7.95. The van der Waals surface area contributed by atoms with Gasteiger partial charge in [-0.05, 0) is 112 Å². The minimum atomic E-state index is -0.0249. The molecule has 0 nitrogen and oxygen atoms in total. The van der Waals surface area contributed by atoms with Crippen molar-refractivity contribution in [1.82, 2.24) is 0 Å². The molecule has 0 unspecified atom stereocenters. The van der Waals surface area contributed by atoms with Gasteiger partial charge in [0.25, 0.3) is 0 Å². The molecule has 0 heterocycles. The molecule has 0 N–H and O–H groups in total. The predicted octanol–water partition coefficient (Wildman–Crippen LogP) is 9.59. The standard InChI is InChI=1S/C42H34/c1-41(2,3)29-27-33-19-15-31(16-20-33)23-25-39-35-11-7-9-13-37(35)40(38-14-10-8-12-36(38)39)26-24-32-17-21-34(22-18-32)28-30-42(4,5)6/h7-22H,1-6H3. The molecule has 0 bridgehead atoms. The van der Waals surface area contributed by atoms with Gasteiger partial charge in [-0.2, -0.15) is 0 Å². The lowest BCUT2D eigenvalue weighted by Crippen LogP contribution is -1.99. The molecular weight excluding hydrogens is 504 g/mol. The van der Waals surface area contributed by atoms with Crippen LogP contribution in [0.25, 0.3) is 21.5 Å². The molecule has 0 saturated carbocycles. The first kappa shape index (κ1) is 28.4. The van der Waals surface area contributed by atoms with Gasteiger partial charge in [-0.1, -0.05) is 95.9 Å². The van der Waals surface area contributed by atoms with Gasteiger partial charge < -0.3 is 0 Å². The summed E-state index contributed by atoms with van der Waals surface area (Å²) in [6.07, 6.45) is 0. The van der Waals surface area contributed by atoms with Crippen LogP contribution in [0.4, 0.5) is 0 Å². The largest absolute Gasteiger partial charge is 0.0920 e. The van der Waals surface area contributed by atoms with Crippen LogP contribution >= 0.6 is 0 Å². The van der Waals surface area contributed by atoms with E-state index in [1.807, 2.05) is 48.5 Å². The summed E-state index contributed by atoms with van der Waals surface area (Å²) < 4.78 is 0. The van der Waals surface area contributed by atoms with Gasteiger partial charge in [0.05, 0.1) is 0 Å². The van der Waals surface area contributed by atoms with Crippen LogP contribution in [-0.2, 0) is 0 Å². The van der Waals surface area contributed by atoms with E-state index in [2.05, 4.69) is 137 Å². The fraction of sp³-hybridized carbons (Fsp3) is 0.190. The van der Waals surface area contributed by atoms with E-state index in [1.54, 1.807) is 0 Å². The van der Waals surface area contributed by atoms with Crippen molar-refractivity contribution in [3.63, 3.8) is 0 Å². The first-order chi connectivity index (χ1) is 20.1. The minimum absolute atomic E-state index is 0.0249. The van der Waals surface area contributed by atoms with Gasteiger partial charge in [0.15, 0.2) is 0 Å². The Morgan fingerprint density at radius 3 is 0.857 bits per heavy atom. The number of hydrogen-bond donors (Lipinski definition) is 0. The molecule has 0 aromatic heterocycles. The normalized spacial score (nSPS) is 10.8. The number of benzene rings is 5. The van der Waals surface area contributed by atoms with Gasteiger partial charge in [-0.15, -0.1) is 0 Å². The van der Waals surface area contributed by atoms with Crippen molar-refractivity contribution in [2.75, 3.05) is 0 Å². The van der Waals surface area contributed by atoms with Crippen LogP contribution in [0.3, 0.4) is 0 Å². The molecule has 0 radical (unpaired) electrons. The van der Waals surface area contributed by atoms with Crippen LogP contribution in [0.15, 0.2) is 97.1 Å². The second-order valence-electron chi connectivity index (χ2n) is 12.5. The van der Waals surface area contributed by atoms with Gasteiger partial charge in [0, 0.05) is 44.2 Å². The van der Waals surface area contributed by atoms with Crippen molar-refractivity contribution < 1.29 is 0 Å². The lowest BCUT2D eigenvalue weighted by Gasteiger charge is -2.10. The Morgan fingerprint density at radius 2 is 0.595 bits per heavy atom. The molecule has 0 atom stereocenters. The summed E-state index contributed by atoms with van der Waals surface area (Å²) in [7, 11) is 0. The molecule has 5 aromatic rings. The van der Waals surface area contributed by atoms with Gasteiger partial charge in [-0.25, -0.2) is 0 Å². The van der Waals surface area contributed by atoms with Crippen LogP contribution in [0, 0.1) is 58.2 Å². The Labute approximate surface area is 251 Å². The molecule has 5 rings (SSSR count). The van der Waals surface area contributed by atoms with Crippen molar-refractivity contribution in [3.8, 4) is 47.4 Å². The van der Waals surface area contributed by atoms with Crippen LogP contribution in [0.5, 0.6) is 0 Å². The zero-order valence-electron chi connectivity index (χ0n) is 25.2. The lowest BCUT2D eigenvalue weighted by molar-refractivity contribution is 0.570. The fourth-order valence-electron chi connectivity index (χ4n) is 4.46. The maximum atomic E-state index is 3.51. The van der Waals surface area contributed by atoms with Gasteiger partial charge in [0.1, 0.15) is 0 Å². The monoisotopic (exact) mass is 538 g/mol. The van der Waals surface area contributed by atoms with Crippen molar-refractivity contribution in [2.45, 2.75) is 41.5 Å². The van der Waals surface area contributed by atoms with E-state index in [9.17, 15) is 0 Å². The molecule has 0 heteroatoms. The Morgan fingerprint density at radius 1 is 0.333 bits per heavy atom. The Balaban J connectivity index is 1.55. The van der Waals surface area contributed by atoms with E-state index >= 15 is 0 Å². The number of hydrogen-bond acceptors (Lipinski definition) is 0. The van der Waals surface area contributed by atoms with Crippen LogP contribution in [-0.4, -0.2) is 0 Å². The maximum absolute atomic E-state index is 3.51. The van der Waals surface area contributed by atoms with E-state index in [0.29, 0.717) is 0 Å². The van der Waals surface area contributed by atoms with Gasteiger partial charge in [-0.3, -0.25) is 0 Å².